The molecule has 20 heavy (non-hydrogen) atoms. The monoisotopic (exact) mass is 289 g/mol. The molecule has 0 aliphatic rings. The molecule has 0 amide bonds. The van der Waals surface area contributed by atoms with Gasteiger partial charge in [-0.1, -0.05) is 44.2 Å². The number of rotatable bonds is 7. The Morgan fingerprint density at radius 2 is 1.95 bits per heavy atom. The number of nitrogens with zero attached hydrogens (tertiary/aromatic N) is 2. The fraction of sp³-hybridized carbons (Fsp3) is 0.438. The minimum atomic E-state index is 0.505. The van der Waals surface area contributed by atoms with Crippen LogP contribution in [0.1, 0.15) is 36.0 Å². The number of thiazole rings is 1. The summed E-state index contributed by atoms with van der Waals surface area (Å²) in [5.41, 5.74) is 8.21. The van der Waals surface area contributed by atoms with Crippen LogP contribution in [0.5, 0.6) is 0 Å². The maximum absolute atomic E-state index is 5.73. The lowest BCUT2D eigenvalue weighted by Gasteiger charge is -2.20. The number of aromatic nitrogens is 1. The van der Waals surface area contributed by atoms with E-state index in [1.54, 1.807) is 11.3 Å². The van der Waals surface area contributed by atoms with Crippen LogP contribution < -0.4 is 5.73 Å². The molecule has 2 aromatic rings. The zero-order valence-electron chi connectivity index (χ0n) is 12.2. The summed E-state index contributed by atoms with van der Waals surface area (Å²) >= 11 is 1.75. The van der Waals surface area contributed by atoms with Crippen LogP contribution in [0.4, 0.5) is 0 Å². The maximum atomic E-state index is 5.73. The van der Waals surface area contributed by atoms with E-state index in [1.807, 2.05) is 6.07 Å². The van der Waals surface area contributed by atoms with Gasteiger partial charge in [0.1, 0.15) is 0 Å². The Balaban J connectivity index is 2.01. The summed E-state index contributed by atoms with van der Waals surface area (Å²) in [6, 6.07) is 10.5. The summed E-state index contributed by atoms with van der Waals surface area (Å²) in [6.45, 7) is 7.73. The largest absolute Gasteiger partial charge is 0.329 e. The van der Waals surface area contributed by atoms with E-state index < -0.39 is 0 Å². The molecule has 3 nitrogen and oxygen atoms in total. The summed E-state index contributed by atoms with van der Waals surface area (Å²) in [4.78, 5) is 7.07. The Morgan fingerprint density at radius 3 is 2.55 bits per heavy atom. The van der Waals surface area contributed by atoms with E-state index in [0.29, 0.717) is 12.5 Å². The first-order valence-electron chi connectivity index (χ1n) is 7.09. The quantitative estimate of drug-likeness (QED) is 0.851. The van der Waals surface area contributed by atoms with Crippen LogP contribution in [-0.2, 0) is 13.1 Å². The molecule has 2 rings (SSSR count). The number of nitrogens with two attached hydrogens (primary N) is 1. The molecule has 0 saturated carbocycles. The van der Waals surface area contributed by atoms with Gasteiger partial charge in [0.05, 0.1) is 10.7 Å². The van der Waals surface area contributed by atoms with Gasteiger partial charge in [-0.15, -0.1) is 11.3 Å². The number of hydrogen-bond acceptors (Lipinski definition) is 4. The second-order valence-corrected chi connectivity index (χ2v) is 6.21. The average Bonchev–Trinajstić information content (AvgIpc) is 2.89. The molecular weight excluding hydrogens is 266 g/mol. The van der Waals surface area contributed by atoms with Gasteiger partial charge in [0.2, 0.25) is 0 Å². The molecule has 0 fully saturated rings. The van der Waals surface area contributed by atoms with Crippen LogP contribution in [0.3, 0.4) is 0 Å². The third-order valence-corrected chi connectivity index (χ3v) is 4.34. The smallest absolute Gasteiger partial charge is 0.0954 e. The van der Waals surface area contributed by atoms with Crippen molar-refractivity contribution in [1.29, 1.82) is 0 Å². The average molecular weight is 289 g/mol. The maximum Gasteiger partial charge on any atom is 0.0954 e. The van der Waals surface area contributed by atoms with E-state index in [-0.39, 0.29) is 0 Å². The van der Waals surface area contributed by atoms with Crippen molar-refractivity contribution in [2.24, 2.45) is 5.73 Å². The predicted molar refractivity (Wildman–Crippen MR) is 85.8 cm³/mol. The summed E-state index contributed by atoms with van der Waals surface area (Å²) in [5.74, 6) is 0.505. The molecule has 0 unspecified atom stereocenters. The van der Waals surface area contributed by atoms with Crippen LogP contribution in [0, 0.1) is 0 Å². The van der Waals surface area contributed by atoms with E-state index in [9.17, 15) is 0 Å². The molecule has 108 valence electrons. The molecule has 1 aromatic heterocycles. The molecule has 0 aliphatic heterocycles. The lowest BCUT2D eigenvalue weighted by Crippen LogP contribution is -2.28. The third-order valence-electron chi connectivity index (χ3n) is 3.14. The highest BCUT2D eigenvalue weighted by Gasteiger charge is 2.10. The lowest BCUT2D eigenvalue weighted by molar-refractivity contribution is 0.261. The van der Waals surface area contributed by atoms with Gasteiger partial charge in [-0.2, -0.15) is 0 Å². The van der Waals surface area contributed by atoms with Crippen molar-refractivity contribution in [3.05, 3.63) is 52.0 Å². The molecular formula is C16H23N3S. The van der Waals surface area contributed by atoms with Crippen LogP contribution in [0.25, 0.3) is 0 Å². The van der Waals surface area contributed by atoms with Crippen molar-refractivity contribution in [2.45, 2.75) is 32.9 Å². The van der Waals surface area contributed by atoms with Crippen molar-refractivity contribution >= 4 is 11.3 Å². The van der Waals surface area contributed by atoms with Gasteiger partial charge in [0, 0.05) is 37.5 Å². The Morgan fingerprint density at radius 1 is 1.20 bits per heavy atom. The molecule has 1 heterocycles. The molecule has 0 spiro atoms. The second-order valence-electron chi connectivity index (χ2n) is 5.32. The van der Waals surface area contributed by atoms with Crippen LogP contribution in [-0.4, -0.2) is 23.0 Å². The Labute approximate surface area is 125 Å². The SMILES string of the molecule is CC(C)c1nc(CN(CCN)Cc2ccccc2)cs1. The molecule has 0 aliphatic carbocycles. The number of hydrogen-bond donors (Lipinski definition) is 1. The minimum Gasteiger partial charge on any atom is -0.329 e. The zero-order chi connectivity index (χ0) is 14.4. The molecule has 0 atom stereocenters. The molecule has 2 N–H and O–H groups in total. The normalized spacial score (nSPS) is 11.4. The van der Waals surface area contributed by atoms with Gasteiger partial charge in [0.15, 0.2) is 0 Å². The van der Waals surface area contributed by atoms with E-state index >= 15 is 0 Å². The highest BCUT2D eigenvalue weighted by molar-refractivity contribution is 7.09. The third kappa shape index (κ3) is 4.40. The molecule has 4 heteroatoms. The van der Waals surface area contributed by atoms with E-state index in [4.69, 9.17) is 10.7 Å². The Kier molecular flexibility index (Phi) is 5.71. The fourth-order valence-corrected chi connectivity index (χ4v) is 2.95. The van der Waals surface area contributed by atoms with Crippen molar-refractivity contribution in [2.75, 3.05) is 13.1 Å². The van der Waals surface area contributed by atoms with Gasteiger partial charge in [-0.25, -0.2) is 4.98 Å². The zero-order valence-corrected chi connectivity index (χ0v) is 13.1. The summed E-state index contributed by atoms with van der Waals surface area (Å²) in [5, 5.41) is 3.39. The van der Waals surface area contributed by atoms with Gasteiger partial charge in [-0.05, 0) is 5.56 Å². The topological polar surface area (TPSA) is 42.2 Å². The van der Waals surface area contributed by atoms with E-state index in [1.165, 1.54) is 10.6 Å². The highest BCUT2D eigenvalue weighted by Crippen LogP contribution is 2.20. The van der Waals surface area contributed by atoms with E-state index in [2.05, 4.69) is 48.4 Å². The predicted octanol–water partition coefficient (Wildman–Crippen LogP) is 3.23. The van der Waals surface area contributed by atoms with E-state index in [0.717, 1.165) is 25.3 Å². The number of benzene rings is 1. The van der Waals surface area contributed by atoms with Crippen molar-refractivity contribution in [1.82, 2.24) is 9.88 Å². The molecule has 0 bridgehead atoms. The first-order chi connectivity index (χ1) is 9.69. The highest BCUT2D eigenvalue weighted by atomic mass is 32.1. The first-order valence-corrected chi connectivity index (χ1v) is 7.97. The van der Waals surface area contributed by atoms with Gasteiger partial charge in [-0.3, -0.25) is 4.90 Å². The Hall–Kier alpha value is -1.23. The van der Waals surface area contributed by atoms with Crippen LogP contribution >= 0.6 is 11.3 Å². The lowest BCUT2D eigenvalue weighted by atomic mass is 10.2. The van der Waals surface area contributed by atoms with Crippen molar-refractivity contribution in [3.63, 3.8) is 0 Å². The second kappa shape index (κ2) is 7.53. The minimum absolute atomic E-state index is 0.505. The summed E-state index contributed by atoms with van der Waals surface area (Å²) < 4.78 is 0. The summed E-state index contributed by atoms with van der Waals surface area (Å²) in [6.07, 6.45) is 0. The van der Waals surface area contributed by atoms with Crippen LogP contribution in [0.2, 0.25) is 0 Å². The van der Waals surface area contributed by atoms with Gasteiger partial charge >= 0.3 is 0 Å². The van der Waals surface area contributed by atoms with Crippen molar-refractivity contribution < 1.29 is 0 Å². The first kappa shape index (κ1) is 15.2. The standard InChI is InChI=1S/C16H23N3S/c1-13(2)16-18-15(12-20-16)11-19(9-8-17)10-14-6-4-3-5-7-14/h3-7,12-13H,8-11,17H2,1-2H3. The van der Waals surface area contributed by atoms with Crippen molar-refractivity contribution in [3.8, 4) is 0 Å². The fourth-order valence-electron chi connectivity index (χ4n) is 2.13. The van der Waals surface area contributed by atoms with Gasteiger partial charge < -0.3 is 5.73 Å². The Bertz CT molecular complexity index is 507. The molecule has 0 saturated heterocycles. The molecule has 1 aromatic carbocycles. The molecule has 0 radical (unpaired) electrons. The summed E-state index contributed by atoms with van der Waals surface area (Å²) in [7, 11) is 0. The van der Waals surface area contributed by atoms with Gasteiger partial charge in [0.25, 0.3) is 0 Å². The van der Waals surface area contributed by atoms with Crippen LogP contribution in [0.15, 0.2) is 35.7 Å².